The zero-order chi connectivity index (χ0) is 27.5. The highest BCUT2D eigenvalue weighted by Crippen LogP contribution is 2.35. The molecule has 0 atom stereocenters. The highest BCUT2D eigenvalue weighted by atomic mass is 35.5. The molecule has 5 rings (SSSR count). The number of amides is 3. The lowest BCUT2D eigenvalue weighted by Crippen LogP contribution is -2.37. The van der Waals surface area contributed by atoms with Gasteiger partial charge in [0.2, 0.25) is 17.6 Å². The van der Waals surface area contributed by atoms with E-state index in [9.17, 15) is 19.2 Å². The van der Waals surface area contributed by atoms with Gasteiger partial charge in [-0.1, -0.05) is 11.6 Å². The highest BCUT2D eigenvalue weighted by molar-refractivity contribution is 6.30. The molecule has 4 heterocycles. The molecule has 0 spiro atoms. The van der Waals surface area contributed by atoms with E-state index in [-0.39, 0.29) is 57.7 Å². The third kappa shape index (κ3) is 5.73. The van der Waals surface area contributed by atoms with E-state index < -0.39 is 11.9 Å². The van der Waals surface area contributed by atoms with Crippen molar-refractivity contribution in [3.05, 3.63) is 46.9 Å². The van der Waals surface area contributed by atoms with Crippen LogP contribution in [0.5, 0.6) is 0 Å². The molecule has 2 N–H and O–H groups in total. The number of fused-ring (bicyclic) bond motifs is 1. The summed E-state index contributed by atoms with van der Waals surface area (Å²) in [5.41, 5.74) is 0.376. The topological polar surface area (TPSA) is 144 Å². The molecule has 3 aromatic heterocycles. The Bertz CT molecular complexity index is 1410. The Balaban J connectivity index is 1.37. The predicted octanol–water partition coefficient (Wildman–Crippen LogP) is 4.28. The largest absolute Gasteiger partial charge is 0.464 e. The van der Waals surface area contributed by atoms with Crippen molar-refractivity contribution >= 4 is 57.9 Å². The third-order valence-corrected chi connectivity index (χ3v) is 7.44. The first kappa shape index (κ1) is 26.6. The minimum Gasteiger partial charge on any atom is -0.464 e. The number of hydrogen-bond donors (Lipinski definition) is 2. The Hall–Kier alpha value is -3.99. The quantitative estimate of drug-likeness (QED) is 0.430. The molecule has 3 amide bonds. The van der Waals surface area contributed by atoms with Crippen molar-refractivity contribution in [2.45, 2.75) is 38.5 Å². The number of furan rings is 1. The first-order valence-electron chi connectivity index (χ1n) is 12.9. The molecule has 12 heteroatoms. The Labute approximate surface area is 229 Å². The molecular weight excluding hydrogens is 526 g/mol. The molecule has 39 heavy (non-hydrogen) atoms. The summed E-state index contributed by atoms with van der Waals surface area (Å²) in [6.45, 7) is 1.62. The monoisotopic (exact) mass is 553 g/mol. The van der Waals surface area contributed by atoms with Crippen LogP contribution in [0.3, 0.4) is 0 Å². The molecule has 2 aliphatic rings. The van der Waals surface area contributed by atoms with Gasteiger partial charge in [0.1, 0.15) is 22.7 Å². The molecule has 0 radical (unpaired) electrons. The second-order valence-electron chi connectivity index (χ2n) is 9.73. The number of rotatable bonds is 6. The maximum Gasteiger partial charge on any atom is 0.356 e. The summed E-state index contributed by atoms with van der Waals surface area (Å²) in [5, 5.41) is 5.84. The number of esters is 1. The van der Waals surface area contributed by atoms with E-state index in [0.717, 1.165) is 25.9 Å². The van der Waals surface area contributed by atoms with Gasteiger partial charge in [-0.15, -0.1) is 0 Å². The van der Waals surface area contributed by atoms with Crippen LogP contribution in [-0.4, -0.2) is 58.8 Å². The van der Waals surface area contributed by atoms with Crippen molar-refractivity contribution in [2.75, 3.05) is 30.8 Å². The van der Waals surface area contributed by atoms with E-state index in [4.69, 9.17) is 20.8 Å². The molecule has 0 bridgehead atoms. The number of anilines is 2. The second kappa shape index (κ2) is 11.4. The van der Waals surface area contributed by atoms with Gasteiger partial charge in [-0.05, 0) is 62.8 Å². The first-order valence-corrected chi connectivity index (χ1v) is 13.3. The number of carbonyl (C=O) groups excluding carboxylic acids is 4. The Morgan fingerprint density at radius 1 is 1.00 bits per heavy atom. The van der Waals surface area contributed by atoms with Gasteiger partial charge in [-0.25, -0.2) is 14.8 Å². The lowest BCUT2D eigenvalue weighted by molar-refractivity contribution is -0.136. The molecule has 1 saturated heterocycles. The molecule has 204 valence electrons. The van der Waals surface area contributed by atoms with Crippen molar-refractivity contribution in [2.24, 2.45) is 11.8 Å². The maximum absolute atomic E-state index is 13.4. The normalized spacial score (nSPS) is 19.1. The lowest BCUT2D eigenvalue weighted by atomic mass is 9.81. The Morgan fingerprint density at radius 3 is 2.38 bits per heavy atom. The molecule has 0 aromatic carbocycles. The number of pyridine rings is 2. The average Bonchev–Trinajstić information content (AvgIpc) is 3.62. The van der Waals surface area contributed by atoms with Crippen molar-refractivity contribution in [3.63, 3.8) is 0 Å². The van der Waals surface area contributed by atoms with E-state index in [2.05, 4.69) is 20.6 Å². The van der Waals surface area contributed by atoms with Crippen LogP contribution in [0.4, 0.5) is 11.5 Å². The van der Waals surface area contributed by atoms with Crippen LogP contribution in [0.15, 0.2) is 34.9 Å². The molecule has 1 aliphatic heterocycles. The van der Waals surface area contributed by atoms with Gasteiger partial charge in [0.05, 0.1) is 12.1 Å². The van der Waals surface area contributed by atoms with Crippen LogP contribution in [0.25, 0.3) is 11.1 Å². The molecule has 1 saturated carbocycles. The van der Waals surface area contributed by atoms with E-state index in [0.29, 0.717) is 30.7 Å². The van der Waals surface area contributed by atoms with E-state index in [1.807, 2.05) is 4.90 Å². The van der Waals surface area contributed by atoms with Crippen molar-refractivity contribution in [1.82, 2.24) is 14.9 Å². The van der Waals surface area contributed by atoms with Crippen molar-refractivity contribution in [3.8, 4) is 0 Å². The van der Waals surface area contributed by atoms with E-state index in [1.54, 1.807) is 6.07 Å². The number of halogens is 1. The molecule has 2 fully saturated rings. The number of carbonyl (C=O) groups is 4. The van der Waals surface area contributed by atoms with Gasteiger partial charge >= 0.3 is 5.97 Å². The van der Waals surface area contributed by atoms with Gasteiger partial charge in [0.25, 0.3) is 5.91 Å². The van der Waals surface area contributed by atoms with Crippen molar-refractivity contribution in [1.29, 1.82) is 0 Å². The molecule has 1 aliphatic carbocycles. The maximum atomic E-state index is 13.4. The summed E-state index contributed by atoms with van der Waals surface area (Å²) in [4.78, 5) is 61.7. The van der Waals surface area contributed by atoms with Gasteiger partial charge < -0.3 is 24.7 Å². The Kier molecular flexibility index (Phi) is 7.78. The van der Waals surface area contributed by atoms with Gasteiger partial charge in [0.15, 0.2) is 5.58 Å². The fraction of sp³-hybridized carbons (Fsp3) is 0.407. The fourth-order valence-electron chi connectivity index (χ4n) is 5.12. The minimum atomic E-state index is -0.673. The SMILES string of the molecule is COC(=O)c1ccc2oc(C(=O)Nc3ccc(Cl)cn3)c(NC(=O)C3CCC(C(=O)N4CCCC4)CC3)c2n1. The summed E-state index contributed by atoms with van der Waals surface area (Å²) in [6.07, 6.45) is 5.80. The van der Waals surface area contributed by atoms with Gasteiger partial charge in [0, 0.05) is 31.1 Å². The lowest BCUT2D eigenvalue weighted by Gasteiger charge is -2.29. The number of hydrogen-bond acceptors (Lipinski definition) is 8. The number of aromatic nitrogens is 2. The summed E-state index contributed by atoms with van der Waals surface area (Å²) in [5.74, 6) is -1.86. The van der Waals surface area contributed by atoms with Crippen LogP contribution in [0, 0.1) is 11.8 Å². The zero-order valence-corrected chi connectivity index (χ0v) is 22.1. The Morgan fingerprint density at radius 2 is 1.72 bits per heavy atom. The number of ether oxygens (including phenoxy) is 1. The van der Waals surface area contributed by atoms with Crippen LogP contribution in [0.2, 0.25) is 5.02 Å². The highest BCUT2D eigenvalue weighted by Gasteiger charge is 2.34. The number of methoxy groups -OCH3 is 1. The third-order valence-electron chi connectivity index (χ3n) is 7.22. The van der Waals surface area contributed by atoms with Gasteiger partial charge in [-0.2, -0.15) is 0 Å². The average molecular weight is 554 g/mol. The van der Waals surface area contributed by atoms with Crippen LogP contribution >= 0.6 is 11.6 Å². The molecule has 3 aromatic rings. The molecule has 11 nitrogen and oxygen atoms in total. The zero-order valence-electron chi connectivity index (χ0n) is 21.4. The number of nitrogens with one attached hydrogen (secondary N) is 2. The first-order chi connectivity index (χ1) is 18.8. The number of likely N-dealkylation sites (tertiary alicyclic amines) is 1. The van der Waals surface area contributed by atoms with Crippen LogP contribution < -0.4 is 10.6 Å². The summed E-state index contributed by atoms with van der Waals surface area (Å²) < 4.78 is 10.5. The van der Waals surface area contributed by atoms with E-state index in [1.165, 1.54) is 31.5 Å². The summed E-state index contributed by atoms with van der Waals surface area (Å²) in [7, 11) is 1.23. The fourth-order valence-corrected chi connectivity index (χ4v) is 5.23. The minimum absolute atomic E-state index is 0.00596. The standard InChI is InChI=1S/C27H28ClN5O6/c1-38-27(37)18-9-10-19-21(30-18)22(23(39-19)25(35)31-20-11-8-17(28)14-29-20)32-24(34)15-4-6-16(7-5-15)26(36)33-12-2-3-13-33/h8-11,14-16H,2-7,12-13H2,1H3,(H,32,34)(H,29,31,35). The second-order valence-corrected chi connectivity index (χ2v) is 10.2. The number of nitrogens with zero attached hydrogens (tertiary/aromatic N) is 3. The van der Waals surface area contributed by atoms with Crippen LogP contribution in [0.1, 0.15) is 59.6 Å². The van der Waals surface area contributed by atoms with Crippen LogP contribution in [-0.2, 0) is 14.3 Å². The van der Waals surface area contributed by atoms with E-state index >= 15 is 0 Å². The predicted molar refractivity (Wildman–Crippen MR) is 142 cm³/mol. The molecule has 0 unspecified atom stereocenters. The smallest absolute Gasteiger partial charge is 0.356 e. The molecular formula is C27H28ClN5O6. The van der Waals surface area contributed by atoms with Gasteiger partial charge in [-0.3, -0.25) is 14.4 Å². The summed E-state index contributed by atoms with van der Waals surface area (Å²) >= 11 is 5.88. The summed E-state index contributed by atoms with van der Waals surface area (Å²) in [6, 6.07) is 5.98. The van der Waals surface area contributed by atoms with Crippen molar-refractivity contribution < 1.29 is 28.3 Å².